The number of nitrogens with one attached hydrogen (secondary N) is 1. The number of carbonyl (C=O) groups is 1. The molecular weight excluding hydrogens is 879 g/mol. The molecule has 0 spiro atoms. The molecule has 8 atom stereocenters. The van der Waals surface area contributed by atoms with E-state index in [0.29, 0.717) is 6.42 Å². The second-order valence-electron chi connectivity index (χ2n) is 22.0. The summed E-state index contributed by atoms with van der Waals surface area (Å²) in [5, 5.41) is 65.6. The topological polar surface area (TPSA) is 169 Å². The van der Waals surface area contributed by atoms with Crippen LogP contribution in [0, 0.1) is 0 Å². The highest BCUT2D eigenvalue weighted by molar-refractivity contribution is 5.76. The smallest absolute Gasteiger partial charge is 0.220 e. The molecule has 10 nitrogen and oxygen atoms in total. The molecule has 0 aromatic carbocycles. The van der Waals surface area contributed by atoms with E-state index in [1.54, 1.807) is 0 Å². The molecule has 0 saturated carbocycles. The van der Waals surface area contributed by atoms with Crippen molar-refractivity contribution < 1.29 is 44.9 Å². The second-order valence-corrected chi connectivity index (χ2v) is 22.0. The van der Waals surface area contributed by atoms with Crippen LogP contribution in [0.3, 0.4) is 0 Å². The Morgan fingerprint density at radius 2 is 0.743 bits per heavy atom. The van der Waals surface area contributed by atoms with E-state index in [-0.39, 0.29) is 18.9 Å². The highest BCUT2D eigenvalue weighted by Crippen LogP contribution is 2.24. The maximum atomic E-state index is 13.1. The molecule has 1 saturated heterocycles. The van der Waals surface area contributed by atoms with Crippen molar-refractivity contribution in [3.8, 4) is 0 Å². The molecule has 70 heavy (non-hydrogen) atoms. The van der Waals surface area contributed by atoms with Crippen LogP contribution in [-0.2, 0) is 14.3 Å². The number of carbonyl (C=O) groups excluding carboxylic acids is 1. The number of unbranched alkanes of at least 4 members (excludes halogenated alkanes) is 43. The van der Waals surface area contributed by atoms with Crippen molar-refractivity contribution in [1.82, 2.24) is 5.32 Å². The fourth-order valence-corrected chi connectivity index (χ4v) is 10.4. The van der Waals surface area contributed by atoms with Gasteiger partial charge >= 0.3 is 0 Å². The number of aliphatic hydroxyl groups excluding tert-OH is 6. The third kappa shape index (κ3) is 38.7. The second kappa shape index (κ2) is 50.3. The lowest BCUT2D eigenvalue weighted by Gasteiger charge is -2.40. The first-order valence-electron chi connectivity index (χ1n) is 30.8. The molecule has 0 aliphatic carbocycles. The summed E-state index contributed by atoms with van der Waals surface area (Å²) < 4.78 is 11.2. The molecule has 1 fully saturated rings. The summed E-state index contributed by atoms with van der Waals surface area (Å²) in [5.41, 5.74) is 0. The summed E-state index contributed by atoms with van der Waals surface area (Å²) in [5.74, 6) is -0.249. The predicted octanol–water partition coefficient (Wildman–Crippen LogP) is 14.4. The molecule has 1 amide bonds. The van der Waals surface area contributed by atoms with Gasteiger partial charge in [-0.05, 0) is 12.8 Å². The van der Waals surface area contributed by atoms with Gasteiger partial charge in [-0.2, -0.15) is 0 Å². The van der Waals surface area contributed by atoms with E-state index < -0.39 is 55.6 Å². The van der Waals surface area contributed by atoms with Crippen LogP contribution < -0.4 is 5.32 Å². The zero-order valence-electron chi connectivity index (χ0n) is 46.2. The van der Waals surface area contributed by atoms with Gasteiger partial charge in [0.2, 0.25) is 5.91 Å². The summed E-state index contributed by atoms with van der Waals surface area (Å²) in [6.45, 7) is 3.66. The molecule has 10 heteroatoms. The first-order valence-corrected chi connectivity index (χ1v) is 30.8. The number of ether oxygens (including phenoxy) is 2. The van der Waals surface area contributed by atoms with Crippen molar-refractivity contribution in [2.75, 3.05) is 13.2 Å². The van der Waals surface area contributed by atoms with E-state index in [0.717, 1.165) is 38.5 Å². The molecule has 0 aromatic heterocycles. The van der Waals surface area contributed by atoms with Crippen molar-refractivity contribution in [1.29, 1.82) is 0 Å². The Labute approximate surface area is 432 Å². The largest absolute Gasteiger partial charge is 0.394 e. The molecular formula is C60H119NO9. The SMILES string of the molecule is CCCCCCCCCCCCCCCCCCCCCCCCCCCCCCCC(=O)N[C@@H](CO[C@@H]1O[C@H](CO)[C@H](O)C(O)C1O)[C@H](O)[C@H](O)CCCCCCCCCCCCCCCCCC. The molecule has 418 valence electrons. The van der Waals surface area contributed by atoms with Gasteiger partial charge in [-0.15, -0.1) is 0 Å². The summed E-state index contributed by atoms with van der Waals surface area (Å²) in [6.07, 6.45) is 49.9. The maximum Gasteiger partial charge on any atom is 0.220 e. The normalized spacial score (nSPS) is 19.7. The number of rotatable bonds is 54. The fourth-order valence-electron chi connectivity index (χ4n) is 10.4. The van der Waals surface area contributed by atoms with Gasteiger partial charge in [-0.1, -0.05) is 296 Å². The van der Waals surface area contributed by atoms with E-state index in [4.69, 9.17) is 9.47 Å². The van der Waals surface area contributed by atoms with Crippen LogP contribution in [0.5, 0.6) is 0 Å². The zero-order chi connectivity index (χ0) is 51.0. The van der Waals surface area contributed by atoms with Crippen LogP contribution in [0.4, 0.5) is 0 Å². The molecule has 1 rings (SSSR count). The molecule has 7 N–H and O–H groups in total. The Morgan fingerprint density at radius 3 is 1.06 bits per heavy atom. The van der Waals surface area contributed by atoms with Gasteiger partial charge in [-0.3, -0.25) is 4.79 Å². The average molecular weight is 999 g/mol. The Balaban J connectivity index is 2.17. The first kappa shape index (κ1) is 67.2. The summed E-state index contributed by atoms with van der Waals surface area (Å²) in [4.78, 5) is 13.1. The minimum absolute atomic E-state index is 0.249. The van der Waals surface area contributed by atoms with E-state index >= 15 is 0 Å². The van der Waals surface area contributed by atoms with Crippen molar-refractivity contribution in [3.63, 3.8) is 0 Å². The fraction of sp³-hybridized carbons (Fsp3) is 0.983. The maximum absolute atomic E-state index is 13.1. The first-order chi connectivity index (χ1) is 34.3. The van der Waals surface area contributed by atoms with Crippen molar-refractivity contribution in [2.24, 2.45) is 0 Å². The molecule has 1 aliphatic heterocycles. The Hall–Kier alpha value is -0.850. The third-order valence-electron chi connectivity index (χ3n) is 15.3. The summed E-state index contributed by atoms with van der Waals surface area (Å²) >= 11 is 0. The van der Waals surface area contributed by atoms with Crippen molar-refractivity contribution >= 4 is 5.91 Å². The minimum Gasteiger partial charge on any atom is -0.394 e. The molecule has 0 radical (unpaired) electrons. The average Bonchev–Trinajstić information content (AvgIpc) is 3.36. The van der Waals surface area contributed by atoms with Gasteiger partial charge in [0.25, 0.3) is 0 Å². The van der Waals surface area contributed by atoms with E-state index in [2.05, 4.69) is 19.2 Å². The lowest BCUT2D eigenvalue weighted by atomic mass is 9.98. The monoisotopic (exact) mass is 998 g/mol. The highest BCUT2D eigenvalue weighted by Gasteiger charge is 2.44. The molecule has 0 aromatic rings. The number of amides is 1. The van der Waals surface area contributed by atoms with Gasteiger partial charge in [0.1, 0.15) is 30.5 Å². The number of hydrogen-bond acceptors (Lipinski definition) is 9. The van der Waals surface area contributed by atoms with Crippen LogP contribution in [0.25, 0.3) is 0 Å². The Kier molecular flexibility index (Phi) is 48.3. The van der Waals surface area contributed by atoms with Gasteiger partial charge in [-0.25, -0.2) is 0 Å². The van der Waals surface area contributed by atoms with E-state index in [9.17, 15) is 35.4 Å². The van der Waals surface area contributed by atoms with Gasteiger partial charge in [0.05, 0.1) is 25.4 Å². The number of aliphatic hydroxyl groups is 6. The molecule has 0 bridgehead atoms. The summed E-state index contributed by atoms with van der Waals surface area (Å²) in [6, 6.07) is -0.986. The minimum atomic E-state index is -1.60. The van der Waals surface area contributed by atoms with Crippen LogP contribution in [0.15, 0.2) is 0 Å². The van der Waals surface area contributed by atoms with Crippen molar-refractivity contribution in [2.45, 2.75) is 365 Å². The molecule has 2 unspecified atom stereocenters. The van der Waals surface area contributed by atoms with Crippen LogP contribution in [-0.4, -0.2) is 98.7 Å². The quantitative estimate of drug-likeness (QED) is 0.0293. The lowest BCUT2D eigenvalue weighted by Crippen LogP contribution is -2.60. The predicted molar refractivity (Wildman–Crippen MR) is 292 cm³/mol. The number of hydrogen-bond donors (Lipinski definition) is 7. The van der Waals surface area contributed by atoms with E-state index in [1.807, 2.05) is 0 Å². The van der Waals surface area contributed by atoms with Crippen LogP contribution in [0.1, 0.15) is 316 Å². The molecule has 1 heterocycles. The zero-order valence-corrected chi connectivity index (χ0v) is 46.2. The lowest BCUT2D eigenvalue weighted by molar-refractivity contribution is -0.303. The van der Waals surface area contributed by atoms with Gasteiger partial charge in [0, 0.05) is 6.42 Å². The van der Waals surface area contributed by atoms with Gasteiger partial charge in [0.15, 0.2) is 6.29 Å². The van der Waals surface area contributed by atoms with E-state index in [1.165, 1.54) is 250 Å². The van der Waals surface area contributed by atoms with Crippen LogP contribution >= 0.6 is 0 Å². The van der Waals surface area contributed by atoms with Gasteiger partial charge < -0.3 is 45.4 Å². The molecule has 1 aliphatic rings. The Bertz CT molecular complexity index is 1080. The summed E-state index contributed by atoms with van der Waals surface area (Å²) in [7, 11) is 0. The van der Waals surface area contributed by atoms with Crippen LogP contribution in [0.2, 0.25) is 0 Å². The third-order valence-corrected chi connectivity index (χ3v) is 15.3. The highest BCUT2D eigenvalue weighted by atomic mass is 16.7. The standard InChI is InChI=1S/C60H119NO9/c1-3-5-7-9-11-13-15-17-19-21-22-23-24-25-26-27-28-29-30-31-32-33-35-37-39-41-43-45-47-49-55(64)61-52(51-69-60-59(68)58(67)57(66)54(50-62)70-60)56(65)53(63)48-46-44-42-40-38-36-34-20-18-16-14-12-10-8-6-4-2/h52-54,56-60,62-63,65-68H,3-51H2,1-2H3,(H,61,64)/t52-,53+,54+,56-,57-,58?,59?,60+/m0/s1. The van der Waals surface area contributed by atoms with Crippen molar-refractivity contribution in [3.05, 3.63) is 0 Å². The Morgan fingerprint density at radius 1 is 0.443 bits per heavy atom.